The maximum Gasteiger partial charge on any atom is 0.357 e. The Labute approximate surface area is 160 Å². The second kappa shape index (κ2) is 8.34. The third kappa shape index (κ3) is 4.01. The molecule has 0 radical (unpaired) electrons. The minimum atomic E-state index is -0.734. The van der Waals surface area contributed by atoms with Gasteiger partial charge in [0.25, 0.3) is 0 Å². The number of esters is 1. The number of ketones is 1. The molecule has 0 atom stereocenters. The Kier molecular flexibility index (Phi) is 5.69. The van der Waals surface area contributed by atoms with Crippen molar-refractivity contribution in [1.29, 1.82) is 0 Å². The van der Waals surface area contributed by atoms with Crippen LogP contribution in [0.4, 0.5) is 4.39 Å². The van der Waals surface area contributed by atoms with Gasteiger partial charge in [-0.2, -0.15) is 0 Å². The second-order valence-electron chi connectivity index (χ2n) is 5.69. The summed E-state index contributed by atoms with van der Waals surface area (Å²) in [4.78, 5) is 28.7. The third-order valence-electron chi connectivity index (χ3n) is 4.00. The third-order valence-corrected chi connectivity index (χ3v) is 4.00. The Morgan fingerprint density at radius 2 is 1.82 bits per heavy atom. The lowest BCUT2D eigenvalue weighted by molar-refractivity contribution is 0.0466. The summed E-state index contributed by atoms with van der Waals surface area (Å²) < 4.78 is 30.0. The Hall–Kier alpha value is -3.68. The van der Waals surface area contributed by atoms with Gasteiger partial charge in [-0.05, 0) is 36.4 Å². The second-order valence-corrected chi connectivity index (χ2v) is 5.69. The Balaban J connectivity index is 1.72. The number of Topliss-reactive ketones (excluding diaryl/α,β-unsaturated/α-hetero) is 1. The predicted molar refractivity (Wildman–Crippen MR) is 97.7 cm³/mol. The molecular weight excluding hydrogens is 367 g/mol. The van der Waals surface area contributed by atoms with Gasteiger partial charge in [-0.15, -0.1) is 0 Å². The van der Waals surface area contributed by atoms with Crippen LogP contribution in [0, 0.1) is 5.82 Å². The van der Waals surface area contributed by atoms with E-state index in [0.717, 1.165) is 0 Å². The van der Waals surface area contributed by atoms with Crippen molar-refractivity contribution in [2.75, 3.05) is 20.8 Å². The van der Waals surface area contributed by atoms with Crippen molar-refractivity contribution in [3.8, 4) is 17.2 Å². The van der Waals surface area contributed by atoms with Crippen molar-refractivity contribution in [1.82, 2.24) is 9.55 Å². The van der Waals surface area contributed by atoms with Crippen molar-refractivity contribution in [3.05, 3.63) is 72.1 Å². The van der Waals surface area contributed by atoms with Crippen LogP contribution in [-0.2, 0) is 4.74 Å². The van der Waals surface area contributed by atoms with Gasteiger partial charge in [-0.25, -0.2) is 14.2 Å². The van der Waals surface area contributed by atoms with Crippen LogP contribution in [0.1, 0.15) is 20.8 Å². The van der Waals surface area contributed by atoms with Crippen LogP contribution in [-0.4, -0.2) is 42.1 Å². The lowest BCUT2D eigenvalue weighted by Crippen LogP contribution is -2.17. The highest BCUT2D eigenvalue weighted by Crippen LogP contribution is 2.25. The summed E-state index contributed by atoms with van der Waals surface area (Å²) in [6.07, 6.45) is 2.71. The molecule has 1 heterocycles. The summed E-state index contributed by atoms with van der Waals surface area (Å²) in [5, 5.41) is 0. The van der Waals surface area contributed by atoms with Crippen molar-refractivity contribution in [2.45, 2.75) is 0 Å². The predicted octanol–water partition coefficient (Wildman–Crippen LogP) is 3.07. The molecule has 0 spiro atoms. The molecule has 0 fully saturated rings. The number of halogens is 1. The minimum Gasteiger partial charge on any atom is -0.497 e. The summed E-state index contributed by atoms with van der Waals surface area (Å²) in [7, 11) is 2.93. The van der Waals surface area contributed by atoms with Gasteiger partial charge in [-0.1, -0.05) is 0 Å². The summed E-state index contributed by atoms with van der Waals surface area (Å²) >= 11 is 0. The number of ether oxygens (including phenoxy) is 3. The number of carbonyl (C=O) groups excluding carboxylic acids is 2. The largest absolute Gasteiger partial charge is 0.497 e. The first-order valence-corrected chi connectivity index (χ1v) is 8.24. The molecule has 0 aliphatic rings. The van der Waals surface area contributed by atoms with Crippen LogP contribution in [0.2, 0.25) is 0 Å². The van der Waals surface area contributed by atoms with E-state index < -0.39 is 24.2 Å². The molecule has 0 unspecified atom stereocenters. The van der Waals surface area contributed by atoms with Crippen LogP contribution in [0.5, 0.6) is 11.5 Å². The number of imidazole rings is 1. The van der Waals surface area contributed by atoms with Crippen molar-refractivity contribution in [2.24, 2.45) is 0 Å². The van der Waals surface area contributed by atoms with Crippen LogP contribution < -0.4 is 9.47 Å². The fourth-order valence-corrected chi connectivity index (χ4v) is 2.57. The highest BCUT2D eigenvalue weighted by atomic mass is 19.1. The topological polar surface area (TPSA) is 79.7 Å². The first kappa shape index (κ1) is 19.1. The van der Waals surface area contributed by atoms with Gasteiger partial charge < -0.3 is 14.2 Å². The van der Waals surface area contributed by atoms with E-state index in [0.29, 0.717) is 17.2 Å². The molecule has 144 valence electrons. The van der Waals surface area contributed by atoms with E-state index in [-0.39, 0.29) is 11.3 Å². The minimum absolute atomic E-state index is 0.112. The zero-order chi connectivity index (χ0) is 20.1. The molecule has 0 bridgehead atoms. The number of hydrogen-bond acceptors (Lipinski definition) is 6. The Morgan fingerprint density at radius 1 is 1.07 bits per heavy atom. The van der Waals surface area contributed by atoms with Gasteiger partial charge in [-0.3, -0.25) is 9.36 Å². The van der Waals surface area contributed by atoms with E-state index in [1.165, 1.54) is 61.6 Å². The fourth-order valence-electron chi connectivity index (χ4n) is 2.57. The van der Waals surface area contributed by atoms with Gasteiger partial charge in [0.05, 0.1) is 32.3 Å². The molecule has 2 aromatic carbocycles. The number of hydrogen-bond donors (Lipinski definition) is 0. The number of nitrogens with zero attached hydrogens (tertiary/aromatic N) is 2. The van der Waals surface area contributed by atoms with Gasteiger partial charge >= 0.3 is 5.97 Å². The van der Waals surface area contributed by atoms with Gasteiger partial charge in [0.1, 0.15) is 17.3 Å². The van der Waals surface area contributed by atoms with E-state index in [4.69, 9.17) is 14.2 Å². The number of rotatable bonds is 7. The molecule has 0 saturated heterocycles. The van der Waals surface area contributed by atoms with Crippen LogP contribution in [0.25, 0.3) is 5.69 Å². The molecule has 8 heteroatoms. The number of benzene rings is 2. The van der Waals surface area contributed by atoms with E-state index in [2.05, 4.69) is 4.98 Å². The standard InChI is InChI=1S/C20H17FN2O5/c1-26-15-7-8-16(19(9-15)27-2)18(24)11-28-20(25)17-10-22-12-23(17)14-5-3-13(21)4-6-14/h3-10,12H,11H2,1-2H3. The highest BCUT2D eigenvalue weighted by molar-refractivity contribution is 6.01. The maximum atomic E-state index is 13.1. The Bertz CT molecular complexity index is 998. The summed E-state index contributed by atoms with van der Waals surface area (Å²) in [5.41, 5.74) is 0.915. The van der Waals surface area contributed by atoms with E-state index in [1.807, 2.05) is 0 Å². The van der Waals surface area contributed by atoms with E-state index in [1.54, 1.807) is 12.1 Å². The van der Waals surface area contributed by atoms with Crippen molar-refractivity contribution >= 4 is 11.8 Å². The molecule has 0 aliphatic carbocycles. The van der Waals surface area contributed by atoms with Crippen LogP contribution in [0.3, 0.4) is 0 Å². The molecular formula is C20H17FN2O5. The molecule has 0 amide bonds. The van der Waals surface area contributed by atoms with Crippen LogP contribution >= 0.6 is 0 Å². The van der Waals surface area contributed by atoms with E-state index >= 15 is 0 Å². The summed E-state index contributed by atoms with van der Waals surface area (Å²) in [5.74, 6) is -0.708. The molecule has 28 heavy (non-hydrogen) atoms. The van der Waals surface area contributed by atoms with Crippen molar-refractivity contribution < 1.29 is 28.2 Å². The lowest BCUT2D eigenvalue weighted by Gasteiger charge is -2.11. The molecule has 3 aromatic rings. The number of methoxy groups -OCH3 is 2. The quantitative estimate of drug-likeness (QED) is 0.460. The smallest absolute Gasteiger partial charge is 0.357 e. The number of aromatic nitrogens is 2. The average molecular weight is 384 g/mol. The molecule has 7 nitrogen and oxygen atoms in total. The zero-order valence-electron chi connectivity index (χ0n) is 15.2. The van der Waals surface area contributed by atoms with Gasteiger partial charge in [0, 0.05) is 11.8 Å². The van der Waals surface area contributed by atoms with Gasteiger partial charge in [0.2, 0.25) is 5.78 Å². The Morgan fingerprint density at radius 3 is 2.50 bits per heavy atom. The maximum absolute atomic E-state index is 13.1. The number of carbonyl (C=O) groups is 2. The normalized spacial score (nSPS) is 10.4. The van der Waals surface area contributed by atoms with Crippen LogP contribution in [0.15, 0.2) is 55.0 Å². The molecule has 1 aromatic heterocycles. The average Bonchev–Trinajstić information content (AvgIpc) is 3.21. The fraction of sp³-hybridized carbons (Fsp3) is 0.150. The van der Waals surface area contributed by atoms with Crippen molar-refractivity contribution in [3.63, 3.8) is 0 Å². The molecule has 3 rings (SSSR count). The highest BCUT2D eigenvalue weighted by Gasteiger charge is 2.19. The summed E-state index contributed by atoms with van der Waals surface area (Å²) in [6.45, 7) is -0.476. The first-order chi connectivity index (χ1) is 13.5. The van der Waals surface area contributed by atoms with E-state index in [9.17, 15) is 14.0 Å². The molecule has 0 N–H and O–H groups in total. The zero-order valence-corrected chi connectivity index (χ0v) is 15.2. The monoisotopic (exact) mass is 384 g/mol. The molecule has 0 saturated carbocycles. The summed E-state index contributed by atoms with van der Waals surface area (Å²) in [6, 6.07) is 10.3. The lowest BCUT2D eigenvalue weighted by atomic mass is 10.1. The SMILES string of the molecule is COc1ccc(C(=O)COC(=O)c2cncn2-c2ccc(F)cc2)c(OC)c1. The van der Waals surface area contributed by atoms with Gasteiger partial charge in [0.15, 0.2) is 12.3 Å². The first-order valence-electron chi connectivity index (χ1n) is 8.24. The molecule has 0 aliphatic heterocycles.